The van der Waals surface area contributed by atoms with Crippen molar-refractivity contribution >= 4 is 33.6 Å². The molecule has 8 heteroatoms. The summed E-state index contributed by atoms with van der Waals surface area (Å²) in [4.78, 5) is 40.8. The molecule has 0 aromatic carbocycles. The minimum atomic E-state index is -1.18. The van der Waals surface area contributed by atoms with Crippen LogP contribution in [-0.4, -0.2) is 33.5 Å². The van der Waals surface area contributed by atoms with Crippen molar-refractivity contribution in [2.75, 3.05) is 6.54 Å². The van der Waals surface area contributed by atoms with E-state index in [1.54, 1.807) is 0 Å². The topological polar surface area (TPSA) is 112 Å². The summed E-state index contributed by atoms with van der Waals surface area (Å²) < 4.78 is 0. The van der Waals surface area contributed by atoms with Crippen LogP contribution < -0.4 is 10.7 Å². The summed E-state index contributed by atoms with van der Waals surface area (Å²) in [5.41, 5.74) is 1.01. The maximum absolute atomic E-state index is 11.8. The number of aliphatic carboxylic acids is 1. The highest BCUT2D eigenvalue weighted by Gasteiger charge is 2.14. The zero-order chi connectivity index (χ0) is 12.4. The summed E-state index contributed by atoms with van der Waals surface area (Å²) in [5.74, 6) is -1.91. The lowest BCUT2D eigenvalue weighted by Crippen LogP contribution is -2.32. The van der Waals surface area contributed by atoms with E-state index in [0.29, 0.717) is 4.83 Å². The van der Waals surface area contributed by atoms with Gasteiger partial charge in [-0.2, -0.15) is 0 Å². The summed E-state index contributed by atoms with van der Waals surface area (Å²) in [7, 11) is 0. The fraction of sp³-hybridized carbons (Fsp3) is 0.111. The normalized spacial score (nSPS) is 10.4. The molecule has 0 aliphatic carbocycles. The second-order valence-corrected chi connectivity index (χ2v) is 3.99. The molecular weight excluding hydrogens is 246 g/mol. The molecule has 7 nitrogen and oxygen atoms in total. The Bertz CT molecular complexity index is 645. The predicted octanol–water partition coefficient (Wildman–Crippen LogP) is -0.201. The van der Waals surface area contributed by atoms with E-state index in [1.165, 1.54) is 23.0 Å². The van der Waals surface area contributed by atoms with Crippen LogP contribution in [0.4, 0.5) is 0 Å². The standard InChI is InChI=1S/C9H7N3O4S/c13-5(14)2-10-8(16)4-1-11-9-6(7(4)15)12-3-17-9/h1,3H,2H2,(H,10,16)(H,11,15)(H,13,14). The number of carbonyl (C=O) groups is 2. The number of carboxylic acids is 1. The second-order valence-electron chi connectivity index (χ2n) is 3.14. The van der Waals surface area contributed by atoms with Crippen LogP contribution in [0.2, 0.25) is 0 Å². The SMILES string of the molecule is O=C(O)CNC(=O)c1c[nH]c2scnc2c1=O. The third-order valence-electron chi connectivity index (χ3n) is 2.02. The molecule has 17 heavy (non-hydrogen) atoms. The number of hydrogen-bond acceptors (Lipinski definition) is 5. The van der Waals surface area contributed by atoms with Crippen molar-refractivity contribution in [3.05, 3.63) is 27.5 Å². The molecule has 88 valence electrons. The molecule has 2 rings (SSSR count). The van der Waals surface area contributed by atoms with Crippen LogP contribution in [0.25, 0.3) is 10.3 Å². The number of aromatic amines is 1. The highest BCUT2D eigenvalue weighted by Crippen LogP contribution is 2.10. The highest BCUT2D eigenvalue weighted by atomic mass is 32.1. The van der Waals surface area contributed by atoms with Crippen molar-refractivity contribution < 1.29 is 14.7 Å². The summed E-state index contributed by atoms with van der Waals surface area (Å²) >= 11 is 1.25. The summed E-state index contributed by atoms with van der Waals surface area (Å²) in [6, 6.07) is 0. The molecule has 0 radical (unpaired) electrons. The van der Waals surface area contributed by atoms with Gasteiger partial charge < -0.3 is 15.4 Å². The van der Waals surface area contributed by atoms with Gasteiger partial charge in [-0.3, -0.25) is 14.4 Å². The maximum atomic E-state index is 11.8. The van der Waals surface area contributed by atoms with E-state index in [2.05, 4.69) is 15.3 Å². The van der Waals surface area contributed by atoms with Gasteiger partial charge >= 0.3 is 5.97 Å². The molecule has 0 atom stereocenters. The molecule has 0 fully saturated rings. The van der Waals surface area contributed by atoms with Gasteiger partial charge in [0.2, 0.25) is 5.43 Å². The van der Waals surface area contributed by atoms with E-state index in [0.717, 1.165) is 0 Å². The molecule has 0 spiro atoms. The first-order valence-electron chi connectivity index (χ1n) is 4.54. The molecule has 2 aromatic rings. The Kier molecular flexibility index (Phi) is 2.88. The number of hydrogen-bond donors (Lipinski definition) is 3. The lowest BCUT2D eigenvalue weighted by molar-refractivity contribution is -0.135. The Hall–Kier alpha value is -2.22. The van der Waals surface area contributed by atoms with E-state index in [1.807, 2.05) is 0 Å². The fourth-order valence-corrected chi connectivity index (χ4v) is 1.91. The maximum Gasteiger partial charge on any atom is 0.322 e. The van der Waals surface area contributed by atoms with E-state index >= 15 is 0 Å². The van der Waals surface area contributed by atoms with Crippen molar-refractivity contribution in [2.24, 2.45) is 0 Å². The number of amides is 1. The Labute approximate surface area is 98.1 Å². The Morgan fingerprint density at radius 1 is 1.53 bits per heavy atom. The third kappa shape index (κ3) is 2.16. The van der Waals surface area contributed by atoms with Gasteiger partial charge in [-0.15, -0.1) is 11.3 Å². The van der Waals surface area contributed by atoms with E-state index in [4.69, 9.17) is 5.11 Å². The number of aromatic nitrogens is 2. The van der Waals surface area contributed by atoms with Crippen LogP contribution in [-0.2, 0) is 4.79 Å². The zero-order valence-corrected chi connectivity index (χ0v) is 9.21. The van der Waals surface area contributed by atoms with Crippen LogP contribution in [0.15, 0.2) is 16.5 Å². The van der Waals surface area contributed by atoms with Crippen LogP contribution in [0, 0.1) is 0 Å². The number of pyridine rings is 1. The lowest BCUT2D eigenvalue weighted by Gasteiger charge is -2.01. The van der Waals surface area contributed by atoms with Crippen molar-refractivity contribution in [3.8, 4) is 0 Å². The van der Waals surface area contributed by atoms with Crippen LogP contribution >= 0.6 is 11.3 Å². The molecule has 0 saturated carbocycles. The fourth-order valence-electron chi connectivity index (χ4n) is 1.26. The Balaban J connectivity index is 2.35. The summed E-state index contributed by atoms with van der Waals surface area (Å²) in [6.07, 6.45) is 1.25. The number of H-pyrrole nitrogens is 1. The van der Waals surface area contributed by atoms with E-state index in [-0.39, 0.29) is 11.1 Å². The first-order chi connectivity index (χ1) is 8.09. The first-order valence-corrected chi connectivity index (χ1v) is 5.42. The van der Waals surface area contributed by atoms with Crippen molar-refractivity contribution in [2.45, 2.75) is 0 Å². The van der Waals surface area contributed by atoms with Gasteiger partial charge in [-0.1, -0.05) is 0 Å². The predicted molar refractivity (Wildman–Crippen MR) is 60.2 cm³/mol. The highest BCUT2D eigenvalue weighted by molar-refractivity contribution is 7.16. The van der Waals surface area contributed by atoms with Gasteiger partial charge in [0.15, 0.2) is 0 Å². The monoisotopic (exact) mass is 253 g/mol. The molecule has 0 unspecified atom stereocenters. The Morgan fingerprint density at radius 2 is 2.29 bits per heavy atom. The van der Waals surface area contributed by atoms with Gasteiger partial charge in [-0.25, -0.2) is 4.98 Å². The molecule has 0 bridgehead atoms. The number of nitrogens with one attached hydrogen (secondary N) is 2. The molecule has 2 aromatic heterocycles. The lowest BCUT2D eigenvalue weighted by atomic mass is 10.2. The van der Waals surface area contributed by atoms with Crippen LogP contribution in [0.1, 0.15) is 10.4 Å². The molecule has 0 saturated heterocycles. The Morgan fingerprint density at radius 3 is 3.00 bits per heavy atom. The number of carboxylic acid groups (broad SMARTS) is 1. The van der Waals surface area contributed by atoms with Crippen molar-refractivity contribution in [3.63, 3.8) is 0 Å². The quantitative estimate of drug-likeness (QED) is 0.701. The van der Waals surface area contributed by atoms with Gasteiger partial charge in [0.1, 0.15) is 22.5 Å². The molecule has 3 N–H and O–H groups in total. The largest absolute Gasteiger partial charge is 0.480 e. The molecule has 0 aliphatic rings. The number of fused-ring (bicyclic) bond motifs is 1. The second kappa shape index (κ2) is 4.34. The van der Waals surface area contributed by atoms with Gasteiger partial charge in [0.25, 0.3) is 5.91 Å². The third-order valence-corrected chi connectivity index (χ3v) is 2.78. The summed E-state index contributed by atoms with van der Waals surface area (Å²) in [5, 5.41) is 10.5. The number of carbonyl (C=O) groups excluding carboxylic acids is 1. The molecule has 2 heterocycles. The average molecular weight is 253 g/mol. The molecule has 0 aliphatic heterocycles. The zero-order valence-electron chi connectivity index (χ0n) is 8.39. The smallest absolute Gasteiger partial charge is 0.322 e. The number of thiazole rings is 1. The average Bonchev–Trinajstić information content (AvgIpc) is 2.75. The van der Waals surface area contributed by atoms with Crippen molar-refractivity contribution in [1.29, 1.82) is 0 Å². The van der Waals surface area contributed by atoms with Crippen LogP contribution in [0.3, 0.4) is 0 Å². The molecular formula is C9H7N3O4S. The molecule has 1 amide bonds. The van der Waals surface area contributed by atoms with Crippen LogP contribution in [0.5, 0.6) is 0 Å². The number of rotatable bonds is 3. The van der Waals surface area contributed by atoms with E-state index in [9.17, 15) is 14.4 Å². The number of nitrogens with zero attached hydrogens (tertiary/aromatic N) is 1. The minimum Gasteiger partial charge on any atom is -0.480 e. The van der Waals surface area contributed by atoms with Gasteiger partial charge in [-0.05, 0) is 0 Å². The van der Waals surface area contributed by atoms with E-state index < -0.39 is 23.9 Å². The van der Waals surface area contributed by atoms with Gasteiger partial charge in [0, 0.05) is 6.20 Å². The first kappa shape index (κ1) is 11.3. The summed E-state index contributed by atoms with van der Waals surface area (Å²) in [6.45, 7) is -0.534. The minimum absolute atomic E-state index is 0.148. The van der Waals surface area contributed by atoms with Gasteiger partial charge in [0.05, 0.1) is 5.51 Å². The van der Waals surface area contributed by atoms with Crippen molar-refractivity contribution in [1.82, 2.24) is 15.3 Å².